The number of rotatable bonds is 5. The lowest BCUT2D eigenvalue weighted by Gasteiger charge is -2.33. The summed E-state index contributed by atoms with van der Waals surface area (Å²) in [4.78, 5) is 19.7. The Morgan fingerprint density at radius 3 is 2.50 bits per heavy atom. The highest BCUT2D eigenvalue weighted by Gasteiger charge is 2.16. The molecule has 0 atom stereocenters. The molecule has 4 aromatic rings. The molecule has 0 spiro atoms. The largest absolute Gasteiger partial charge is 0.353 e. The maximum absolute atomic E-state index is 6.34. The fourth-order valence-electron chi connectivity index (χ4n) is 3.65. The minimum absolute atomic E-state index is 0.440. The molecule has 162 valence electrons. The number of likely N-dealkylation sites (N-methyl/N-ethyl adjacent to an activating group) is 1. The highest BCUT2D eigenvalue weighted by atomic mass is 35.5. The molecule has 1 aliphatic heterocycles. The monoisotopic (exact) mass is 462 g/mol. The van der Waals surface area contributed by atoms with E-state index in [-0.39, 0.29) is 0 Å². The van der Waals surface area contributed by atoms with E-state index in [4.69, 9.17) is 16.6 Å². The van der Waals surface area contributed by atoms with Gasteiger partial charge in [0.15, 0.2) is 5.15 Å². The molecule has 0 amide bonds. The molecule has 1 fully saturated rings. The molecule has 0 unspecified atom stereocenters. The first-order valence-electron chi connectivity index (χ1n) is 10.5. The molecule has 0 aliphatic carbocycles. The normalized spacial score (nSPS) is 14.6. The molecule has 0 saturated carbocycles. The summed E-state index contributed by atoms with van der Waals surface area (Å²) in [6.45, 7) is 4.00. The van der Waals surface area contributed by atoms with Crippen LogP contribution in [0, 0.1) is 0 Å². The second-order valence-corrected chi connectivity index (χ2v) is 9.04. The van der Waals surface area contributed by atoms with Crippen LogP contribution in [0.25, 0.3) is 22.2 Å². The van der Waals surface area contributed by atoms with Gasteiger partial charge in [0.05, 0.1) is 22.9 Å². The average Bonchev–Trinajstić information content (AvgIpc) is 2.84. The fraction of sp³-hybridized carbons (Fsp3) is 0.208. The Hall–Kier alpha value is -2.87. The van der Waals surface area contributed by atoms with Gasteiger partial charge in [0.2, 0.25) is 0 Å². The number of aromatic nitrogens is 3. The van der Waals surface area contributed by atoms with Crippen LogP contribution in [-0.2, 0) is 0 Å². The summed E-state index contributed by atoms with van der Waals surface area (Å²) in [6, 6.07) is 18.2. The number of anilines is 2. The van der Waals surface area contributed by atoms with Gasteiger partial charge in [-0.15, -0.1) is 0 Å². The van der Waals surface area contributed by atoms with Crippen molar-refractivity contribution in [1.82, 2.24) is 19.9 Å². The van der Waals surface area contributed by atoms with E-state index < -0.39 is 0 Å². The predicted molar refractivity (Wildman–Crippen MR) is 133 cm³/mol. The molecule has 0 bridgehead atoms. The van der Waals surface area contributed by atoms with Gasteiger partial charge in [-0.1, -0.05) is 35.9 Å². The SMILES string of the molecule is CN1CCN(c2cnc3ccc(-c4cnc(Cl)c(NSc5ccccc5)c4)cc3n2)CC1. The van der Waals surface area contributed by atoms with Crippen LogP contribution >= 0.6 is 23.5 Å². The summed E-state index contributed by atoms with van der Waals surface area (Å²) >= 11 is 7.85. The van der Waals surface area contributed by atoms with Gasteiger partial charge in [0.25, 0.3) is 0 Å². The molecule has 2 aromatic heterocycles. The van der Waals surface area contributed by atoms with Gasteiger partial charge < -0.3 is 14.5 Å². The van der Waals surface area contributed by atoms with Crippen molar-refractivity contribution >= 4 is 46.1 Å². The van der Waals surface area contributed by atoms with Crippen molar-refractivity contribution in [3.05, 3.63) is 72.1 Å². The minimum atomic E-state index is 0.440. The molecule has 8 heteroatoms. The number of hydrogen-bond donors (Lipinski definition) is 1. The summed E-state index contributed by atoms with van der Waals surface area (Å²) in [6.07, 6.45) is 3.67. The van der Waals surface area contributed by atoms with Gasteiger partial charge >= 0.3 is 0 Å². The Kier molecular flexibility index (Phi) is 6.12. The third kappa shape index (κ3) is 4.65. The van der Waals surface area contributed by atoms with Crippen LogP contribution in [-0.4, -0.2) is 53.1 Å². The van der Waals surface area contributed by atoms with Crippen LogP contribution in [0.5, 0.6) is 0 Å². The maximum Gasteiger partial charge on any atom is 0.152 e. The van der Waals surface area contributed by atoms with Crippen molar-refractivity contribution in [3.63, 3.8) is 0 Å². The molecular formula is C24H23ClN6S. The Balaban J connectivity index is 1.41. The Morgan fingerprint density at radius 2 is 1.69 bits per heavy atom. The molecule has 1 N–H and O–H groups in total. The third-order valence-electron chi connectivity index (χ3n) is 5.55. The highest BCUT2D eigenvalue weighted by Crippen LogP contribution is 2.31. The molecule has 3 heterocycles. The lowest BCUT2D eigenvalue weighted by molar-refractivity contribution is 0.312. The zero-order chi connectivity index (χ0) is 21.9. The lowest BCUT2D eigenvalue weighted by Crippen LogP contribution is -2.44. The number of benzene rings is 2. The number of nitrogens with zero attached hydrogens (tertiary/aromatic N) is 5. The summed E-state index contributed by atoms with van der Waals surface area (Å²) in [5.74, 6) is 0.929. The molecule has 6 nitrogen and oxygen atoms in total. The summed E-state index contributed by atoms with van der Waals surface area (Å²) in [5, 5.41) is 0.440. The van der Waals surface area contributed by atoms with Crippen molar-refractivity contribution in [2.75, 3.05) is 42.8 Å². The van der Waals surface area contributed by atoms with Crippen LogP contribution in [0.3, 0.4) is 0 Å². The number of piperazine rings is 1. The predicted octanol–water partition coefficient (Wildman–Crippen LogP) is 5.22. The smallest absolute Gasteiger partial charge is 0.152 e. The van der Waals surface area contributed by atoms with Gasteiger partial charge in [0.1, 0.15) is 5.82 Å². The van der Waals surface area contributed by atoms with Crippen LogP contribution in [0.15, 0.2) is 71.9 Å². The van der Waals surface area contributed by atoms with Crippen molar-refractivity contribution < 1.29 is 0 Å². The van der Waals surface area contributed by atoms with E-state index >= 15 is 0 Å². The molecule has 5 rings (SSSR count). The molecule has 0 radical (unpaired) electrons. The van der Waals surface area contributed by atoms with Crippen LogP contribution in [0.2, 0.25) is 5.15 Å². The van der Waals surface area contributed by atoms with E-state index in [1.165, 1.54) is 11.9 Å². The minimum Gasteiger partial charge on any atom is -0.353 e. The van der Waals surface area contributed by atoms with E-state index in [0.717, 1.165) is 64.7 Å². The quantitative estimate of drug-likeness (QED) is 0.322. The second kappa shape index (κ2) is 9.32. The van der Waals surface area contributed by atoms with E-state index in [1.807, 2.05) is 54.7 Å². The maximum atomic E-state index is 6.34. The van der Waals surface area contributed by atoms with Crippen LogP contribution in [0.1, 0.15) is 0 Å². The molecule has 1 aliphatic rings. The van der Waals surface area contributed by atoms with Gasteiger partial charge in [-0.3, -0.25) is 4.98 Å². The number of halogens is 1. The van der Waals surface area contributed by atoms with Gasteiger partial charge in [-0.05, 0) is 54.9 Å². The van der Waals surface area contributed by atoms with Gasteiger partial charge in [0, 0.05) is 42.8 Å². The summed E-state index contributed by atoms with van der Waals surface area (Å²) < 4.78 is 3.32. The molecule has 2 aromatic carbocycles. The number of pyridine rings is 1. The topological polar surface area (TPSA) is 57.2 Å². The molecule has 1 saturated heterocycles. The van der Waals surface area contributed by atoms with E-state index in [0.29, 0.717) is 5.15 Å². The first kappa shape index (κ1) is 21.0. The third-order valence-corrected chi connectivity index (χ3v) is 6.68. The number of hydrogen-bond acceptors (Lipinski definition) is 7. The van der Waals surface area contributed by atoms with Crippen molar-refractivity contribution in [1.29, 1.82) is 0 Å². The van der Waals surface area contributed by atoms with Gasteiger partial charge in [-0.2, -0.15) is 0 Å². The summed E-state index contributed by atoms with van der Waals surface area (Å²) in [7, 11) is 2.15. The van der Waals surface area contributed by atoms with E-state index in [1.54, 1.807) is 6.20 Å². The standard InChI is InChI=1S/C24H23ClN6S/c1-30-9-11-31(12-10-30)23-16-26-20-8-7-17(13-21(20)28-23)18-14-22(24(25)27-15-18)29-32-19-5-3-2-4-6-19/h2-8,13-16,29H,9-12H2,1H3. The summed E-state index contributed by atoms with van der Waals surface area (Å²) in [5.41, 5.74) is 4.53. The van der Waals surface area contributed by atoms with Crippen LogP contribution in [0.4, 0.5) is 11.5 Å². The lowest BCUT2D eigenvalue weighted by atomic mass is 10.1. The van der Waals surface area contributed by atoms with E-state index in [2.05, 4.69) is 37.6 Å². The first-order valence-corrected chi connectivity index (χ1v) is 11.7. The Bertz CT molecular complexity index is 1230. The van der Waals surface area contributed by atoms with Crippen LogP contribution < -0.4 is 9.62 Å². The zero-order valence-electron chi connectivity index (χ0n) is 17.7. The zero-order valence-corrected chi connectivity index (χ0v) is 19.3. The van der Waals surface area contributed by atoms with Crippen molar-refractivity contribution in [3.8, 4) is 11.1 Å². The fourth-order valence-corrected chi connectivity index (χ4v) is 4.53. The highest BCUT2D eigenvalue weighted by molar-refractivity contribution is 8.00. The number of nitrogens with one attached hydrogen (secondary N) is 1. The first-order chi connectivity index (χ1) is 15.7. The Labute approximate surface area is 196 Å². The van der Waals surface area contributed by atoms with E-state index in [9.17, 15) is 0 Å². The molecule has 32 heavy (non-hydrogen) atoms. The van der Waals surface area contributed by atoms with Gasteiger partial charge in [-0.25, -0.2) is 9.97 Å². The number of fused-ring (bicyclic) bond motifs is 1. The molecular weight excluding hydrogens is 440 g/mol. The average molecular weight is 463 g/mol. The second-order valence-electron chi connectivity index (χ2n) is 7.80. The van der Waals surface area contributed by atoms with Crippen molar-refractivity contribution in [2.45, 2.75) is 4.90 Å². The van der Waals surface area contributed by atoms with Crippen molar-refractivity contribution in [2.24, 2.45) is 0 Å². The Morgan fingerprint density at radius 1 is 0.875 bits per heavy atom.